The summed E-state index contributed by atoms with van der Waals surface area (Å²) in [5, 5.41) is 20.0. The maximum atomic E-state index is 11.6. The first-order valence-corrected chi connectivity index (χ1v) is 12.0. The topological polar surface area (TPSA) is 73.2 Å². The molecule has 34 heavy (non-hydrogen) atoms. The van der Waals surface area contributed by atoms with Crippen LogP contribution in [0.25, 0.3) is 0 Å². The minimum atomic E-state index is -0.995. The lowest BCUT2D eigenvalue weighted by Gasteiger charge is -2.46. The van der Waals surface area contributed by atoms with Gasteiger partial charge in [0.25, 0.3) is 0 Å². The number of aromatic hydroxyl groups is 1. The summed E-state index contributed by atoms with van der Waals surface area (Å²) in [5.41, 5.74) is 3.26. The zero-order valence-corrected chi connectivity index (χ0v) is 18.9. The highest BCUT2D eigenvalue weighted by Crippen LogP contribution is 2.53. The van der Waals surface area contributed by atoms with Gasteiger partial charge >= 0.3 is 5.97 Å². The van der Waals surface area contributed by atoms with Crippen LogP contribution in [0.2, 0.25) is 0 Å². The van der Waals surface area contributed by atoms with Crippen molar-refractivity contribution in [3.8, 4) is 17.2 Å². The maximum absolute atomic E-state index is 11.6. The maximum Gasteiger partial charge on any atom is 0.335 e. The molecule has 3 aliphatic heterocycles. The number of hydrogen-bond donors (Lipinski definition) is 2. The van der Waals surface area contributed by atoms with Gasteiger partial charge < -0.3 is 19.8 Å². The number of aromatic carboxylic acids is 1. The molecule has 6 rings (SSSR count). The van der Waals surface area contributed by atoms with Crippen LogP contribution in [0.1, 0.15) is 41.6 Å². The number of piperidine rings is 1. The summed E-state index contributed by atoms with van der Waals surface area (Å²) < 4.78 is 6.03. The van der Waals surface area contributed by atoms with Gasteiger partial charge in [0.2, 0.25) is 0 Å². The fraction of sp³-hybridized carbons (Fsp3) is 0.321. The number of fused-ring (bicyclic) bond motifs is 4. The Labute approximate surface area is 199 Å². The van der Waals surface area contributed by atoms with Gasteiger partial charge in [-0.05, 0) is 68.0 Å². The van der Waals surface area contributed by atoms with Crippen LogP contribution >= 0.6 is 0 Å². The molecule has 174 valence electrons. The summed E-state index contributed by atoms with van der Waals surface area (Å²) in [6, 6.07) is 22.4. The Bertz CT molecular complexity index is 1210. The van der Waals surface area contributed by atoms with Crippen molar-refractivity contribution >= 4 is 17.3 Å². The molecule has 0 aliphatic carbocycles. The predicted octanol–water partition coefficient (Wildman–Crippen LogP) is 5.57. The van der Waals surface area contributed by atoms with Crippen LogP contribution in [0.15, 0.2) is 66.7 Å². The quantitative estimate of drug-likeness (QED) is 0.523. The number of para-hydroxylation sites is 1. The van der Waals surface area contributed by atoms with Gasteiger partial charge in [-0.2, -0.15) is 0 Å². The van der Waals surface area contributed by atoms with E-state index >= 15 is 0 Å². The number of benzene rings is 3. The lowest BCUT2D eigenvalue weighted by atomic mass is 9.93. The van der Waals surface area contributed by atoms with Crippen LogP contribution in [0.3, 0.4) is 0 Å². The molecule has 2 unspecified atom stereocenters. The van der Waals surface area contributed by atoms with Crippen molar-refractivity contribution in [2.75, 3.05) is 11.4 Å². The lowest BCUT2D eigenvalue weighted by Crippen LogP contribution is -2.50. The smallest absolute Gasteiger partial charge is 0.335 e. The van der Waals surface area contributed by atoms with Gasteiger partial charge in [-0.1, -0.05) is 36.4 Å². The fourth-order valence-corrected chi connectivity index (χ4v) is 6.09. The molecule has 0 saturated carbocycles. The predicted molar refractivity (Wildman–Crippen MR) is 130 cm³/mol. The SMILES string of the molecule is O=C(O)c1ccc2c(c1)Oc1c(O)cccc1N2C1CC2CCC(C1)N2CCc1ccccc1. The Balaban J connectivity index is 1.30. The third-order valence-electron chi connectivity index (χ3n) is 7.64. The summed E-state index contributed by atoms with van der Waals surface area (Å²) in [5.74, 6) is -0.0490. The minimum Gasteiger partial charge on any atom is -0.504 e. The molecule has 3 aromatic rings. The van der Waals surface area contributed by atoms with E-state index in [4.69, 9.17) is 4.74 Å². The van der Waals surface area contributed by atoms with Gasteiger partial charge in [-0.3, -0.25) is 4.90 Å². The van der Waals surface area contributed by atoms with E-state index < -0.39 is 5.97 Å². The van der Waals surface area contributed by atoms with Gasteiger partial charge in [0.1, 0.15) is 0 Å². The molecule has 3 aromatic carbocycles. The second-order valence-corrected chi connectivity index (χ2v) is 9.57. The zero-order valence-electron chi connectivity index (χ0n) is 18.9. The van der Waals surface area contributed by atoms with Gasteiger partial charge in [0, 0.05) is 24.7 Å². The van der Waals surface area contributed by atoms with Gasteiger partial charge in [0.05, 0.1) is 16.9 Å². The van der Waals surface area contributed by atoms with E-state index in [0.29, 0.717) is 23.6 Å². The van der Waals surface area contributed by atoms with Crippen molar-refractivity contribution in [2.24, 2.45) is 0 Å². The molecule has 2 fully saturated rings. The summed E-state index contributed by atoms with van der Waals surface area (Å²) in [7, 11) is 0. The highest BCUT2D eigenvalue weighted by atomic mass is 16.5. The molecule has 2 bridgehead atoms. The largest absolute Gasteiger partial charge is 0.504 e. The third-order valence-corrected chi connectivity index (χ3v) is 7.64. The van der Waals surface area contributed by atoms with Crippen molar-refractivity contribution in [1.29, 1.82) is 0 Å². The molecule has 3 aliphatic rings. The molecule has 2 atom stereocenters. The molecule has 0 aromatic heterocycles. The molecule has 2 saturated heterocycles. The normalized spacial score (nSPS) is 23.2. The molecule has 3 heterocycles. The average Bonchev–Trinajstić information content (AvgIpc) is 3.08. The van der Waals surface area contributed by atoms with Crippen molar-refractivity contribution in [2.45, 2.75) is 50.2 Å². The number of carboxylic acids is 1. The molecule has 0 radical (unpaired) electrons. The monoisotopic (exact) mass is 456 g/mol. The zero-order chi connectivity index (χ0) is 23.2. The second-order valence-electron chi connectivity index (χ2n) is 9.57. The number of ether oxygens (including phenoxy) is 1. The minimum absolute atomic E-state index is 0.0668. The Morgan fingerprint density at radius 2 is 1.68 bits per heavy atom. The number of phenols is 1. The number of nitrogens with zero attached hydrogens (tertiary/aromatic N) is 2. The van der Waals surface area contributed by atoms with E-state index in [1.165, 1.54) is 18.4 Å². The Hall–Kier alpha value is -3.51. The molecule has 0 amide bonds. The Morgan fingerprint density at radius 3 is 2.41 bits per heavy atom. The first-order valence-electron chi connectivity index (χ1n) is 12.0. The number of rotatable bonds is 5. The van der Waals surface area contributed by atoms with Gasteiger partial charge in [-0.25, -0.2) is 4.79 Å². The Morgan fingerprint density at radius 1 is 0.912 bits per heavy atom. The molecular weight excluding hydrogens is 428 g/mol. The summed E-state index contributed by atoms with van der Waals surface area (Å²) in [4.78, 5) is 16.5. The van der Waals surface area contributed by atoms with Crippen LogP contribution in [0, 0.1) is 0 Å². The van der Waals surface area contributed by atoms with E-state index in [9.17, 15) is 15.0 Å². The highest BCUT2D eigenvalue weighted by molar-refractivity contribution is 5.91. The van der Waals surface area contributed by atoms with Crippen molar-refractivity contribution in [3.05, 3.63) is 77.9 Å². The number of anilines is 2. The number of carboxylic acid groups (broad SMARTS) is 1. The van der Waals surface area contributed by atoms with Crippen molar-refractivity contribution in [1.82, 2.24) is 4.90 Å². The average molecular weight is 457 g/mol. The van der Waals surface area contributed by atoms with E-state index in [2.05, 4.69) is 40.1 Å². The number of phenolic OH excluding ortho intramolecular Hbond substituents is 1. The van der Waals surface area contributed by atoms with Gasteiger partial charge in [-0.15, -0.1) is 0 Å². The molecule has 2 N–H and O–H groups in total. The summed E-state index contributed by atoms with van der Waals surface area (Å²) >= 11 is 0. The van der Waals surface area contributed by atoms with Crippen LogP contribution in [-0.4, -0.2) is 45.8 Å². The van der Waals surface area contributed by atoms with E-state index in [-0.39, 0.29) is 17.4 Å². The summed E-state index contributed by atoms with van der Waals surface area (Å²) in [6.45, 7) is 1.07. The van der Waals surface area contributed by atoms with Crippen LogP contribution in [0.5, 0.6) is 17.2 Å². The molecular formula is C28H28N2O4. The summed E-state index contributed by atoms with van der Waals surface area (Å²) in [6.07, 6.45) is 5.53. The first kappa shape index (κ1) is 21.1. The third kappa shape index (κ3) is 3.59. The van der Waals surface area contributed by atoms with Crippen molar-refractivity contribution < 1.29 is 19.7 Å². The Kier molecular flexibility index (Phi) is 5.18. The number of hydrogen-bond acceptors (Lipinski definition) is 5. The van der Waals surface area contributed by atoms with Crippen molar-refractivity contribution in [3.63, 3.8) is 0 Å². The van der Waals surface area contributed by atoms with E-state index in [1.54, 1.807) is 18.2 Å². The van der Waals surface area contributed by atoms with E-state index in [0.717, 1.165) is 37.2 Å². The number of carbonyl (C=O) groups is 1. The second kappa shape index (κ2) is 8.37. The van der Waals surface area contributed by atoms with Crippen LogP contribution < -0.4 is 9.64 Å². The molecule has 6 nitrogen and oxygen atoms in total. The van der Waals surface area contributed by atoms with Crippen LogP contribution in [0.4, 0.5) is 11.4 Å². The van der Waals surface area contributed by atoms with Crippen LogP contribution in [-0.2, 0) is 6.42 Å². The molecule has 6 heteroatoms. The fourth-order valence-electron chi connectivity index (χ4n) is 6.09. The first-order chi connectivity index (χ1) is 16.6. The highest BCUT2D eigenvalue weighted by Gasteiger charge is 2.44. The lowest BCUT2D eigenvalue weighted by molar-refractivity contribution is 0.0696. The van der Waals surface area contributed by atoms with E-state index in [1.807, 2.05) is 18.2 Å². The standard InChI is InChI=1S/C28H28N2O4/c31-25-8-4-7-24-27(25)34-26-15-19(28(32)33)9-12-23(26)30(24)22-16-20-10-11-21(17-22)29(20)14-13-18-5-2-1-3-6-18/h1-9,12,15,20-22,31H,10-11,13-14,16-17H2,(H,32,33). The van der Waals surface area contributed by atoms with Gasteiger partial charge in [0.15, 0.2) is 17.2 Å². The molecule has 0 spiro atoms.